The fourth-order valence-corrected chi connectivity index (χ4v) is 3.00. The lowest BCUT2D eigenvalue weighted by molar-refractivity contribution is 0.0991. The fourth-order valence-electron chi connectivity index (χ4n) is 3.00. The van der Waals surface area contributed by atoms with Crippen molar-refractivity contribution in [3.8, 4) is 0 Å². The molecule has 1 N–H and O–H groups in total. The van der Waals surface area contributed by atoms with E-state index in [1.165, 1.54) is 37.3 Å². The van der Waals surface area contributed by atoms with Crippen LogP contribution in [0, 0.1) is 6.92 Å². The van der Waals surface area contributed by atoms with E-state index in [1.807, 2.05) is 0 Å². The van der Waals surface area contributed by atoms with E-state index < -0.39 is 0 Å². The predicted molar refractivity (Wildman–Crippen MR) is 86.1 cm³/mol. The Balaban J connectivity index is 2.09. The average molecular weight is 275 g/mol. The van der Waals surface area contributed by atoms with Gasteiger partial charge in [0.2, 0.25) is 0 Å². The summed E-state index contributed by atoms with van der Waals surface area (Å²) in [4.78, 5) is 5.03. The first-order valence-electron chi connectivity index (χ1n) is 7.84. The maximum Gasteiger partial charge on any atom is 0.0475 e. The standard InChI is InChI=1S/C17H29N3/c1-5-18-17(16-8-6-14(2)7-9-16)15(3)20-12-10-19(4)11-13-20/h6-9,15,17-18H,5,10-13H2,1-4H3. The molecule has 0 radical (unpaired) electrons. The lowest BCUT2D eigenvalue weighted by Gasteiger charge is -2.40. The van der Waals surface area contributed by atoms with E-state index in [-0.39, 0.29) is 0 Å². The Bertz CT molecular complexity index is 393. The minimum absolute atomic E-state index is 0.420. The van der Waals surface area contributed by atoms with Crippen molar-refractivity contribution in [3.63, 3.8) is 0 Å². The van der Waals surface area contributed by atoms with E-state index >= 15 is 0 Å². The average Bonchev–Trinajstić information content (AvgIpc) is 2.46. The van der Waals surface area contributed by atoms with Crippen molar-refractivity contribution in [1.29, 1.82) is 0 Å². The van der Waals surface area contributed by atoms with Gasteiger partial charge in [0.05, 0.1) is 0 Å². The molecule has 0 aromatic heterocycles. The summed E-state index contributed by atoms with van der Waals surface area (Å²) in [6, 6.07) is 9.94. The molecule has 0 amide bonds. The van der Waals surface area contributed by atoms with E-state index in [9.17, 15) is 0 Å². The van der Waals surface area contributed by atoms with Crippen LogP contribution in [0.4, 0.5) is 0 Å². The maximum absolute atomic E-state index is 3.67. The second kappa shape index (κ2) is 7.21. The molecule has 0 spiro atoms. The highest BCUT2D eigenvalue weighted by molar-refractivity contribution is 5.25. The first-order valence-corrected chi connectivity index (χ1v) is 7.84. The number of nitrogens with one attached hydrogen (secondary N) is 1. The highest BCUT2D eigenvalue weighted by Crippen LogP contribution is 2.22. The molecule has 112 valence electrons. The lowest BCUT2D eigenvalue weighted by Crippen LogP contribution is -2.51. The predicted octanol–water partition coefficient (Wildman–Crippen LogP) is 2.28. The zero-order valence-corrected chi connectivity index (χ0v) is 13.4. The summed E-state index contributed by atoms with van der Waals surface area (Å²) < 4.78 is 0. The molecular formula is C17H29N3. The fraction of sp³-hybridized carbons (Fsp3) is 0.647. The number of nitrogens with zero attached hydrogens (tertiary/aromatic N) is 2. The lowest BCUT2D eigenvalue weighted by atomic mass is 9.97. The molecular weight excluding hydrogens is 246 g/mol. The number of benzene rings is 1. The van der Waals surface area contributed by atoms with Gasteiger partial charge in [0, 0.05) is 38.3 Å². The molecule has 2 atom stereocenters. The van der Waals surface area contributed by atoms with Gasteiger partial charge in [-0.3, -0.25) is 4.90 Å². The second-order valence-corrected chi connectivity index (χ2v) is 6.03. The van der Waals surface area contributed by atoms with E-state index in [0.29, 0.717) is 12.1 Å². The van der Waals surface area contributed by atoms with Gasteiger partial charge in [0.1, 0.15) is 0 Å². The van der Waals surface area contributed by atoms with Crippen LogP contribution in [0.2, 0.25) is 0 Å². The molecule has 1 heterocycles. The monoisotopic (exact) mass is 275 g/mol. The quantitative estimate of drug-likeness (QED) is 0.889. The molecule has 2 unspecified atom stereocenters. The number of hydrogen-bond acceptors (Lipinski definition) is 3. The Hall–Kier alpha value is -0.900. The van der Waals surface area contributed by atoms with Crippen LogP contribution in [0.15, 0.2) is 24.3 Å². The minimum Gasteiger partial charge on any atom is -0.309 e. The third kappa shape index (κ3) is 3.81. The van der Waals surface area contributed by atoms with E-state index in [4.69, 9.17) is 0 Å². The number of rotatable bonds is 5. The van der Waals surface area contributed by atoms with Crippen LogP contribution in [0.3, 0.4) is 0 Å². The molecule has 3 nitrogen and oxygen atoms in total. The first-order chi connectivity index (χ1) is 9.61. The van der Waals surface area contributed by atoms with Gasteiger partial charge in [-0.25, -0.2) is 0 Å². The third-order valence-electron chi connectivity index (χ3n) is 4.46. The number of likely N-dealkylation sites (N-methyl/N-ethyl adjacent to an activating group) is 2. The van der Waals surface area contributed by atoms with Crippen molar-refractivity contribution < 1.29 is 0 Å². The maximum atomic E-state index is 3.67. The highest BCUT2D eigenvalue weighted by Gasteiger charge is 2.26. The summed E-state index contributed by atoms with van der Waals surface area (Å²) in [5.41, 5.74) is 2.74. The van der Waals surface area contributed by atoms with Crippen molar-refractivity contribution in [3.05, 3.63) is 35.4 Å². The number of piperazine rings is 1. The molecule has 1 aromatic carbocycles. The molecule has 0 aliphatic carbocycles. The Morgan fingerprint density at radius 2 is 1.70 bits per heavy atom. The largest absolute Gasteiger partial charge is 0.309 e. The van der Waals surface area contributed by atoms with Gasteiger partial charge in [-0.2, -0.15) is 0 Å². The summed E-state index contributed by atoms with van der Waals surface area (Å²) >= 11 is 0. The summed E-state index contributed by atoms with van der Waals surface area (Å²) in [7, 11) is 2.21. The summed E-state index contributed by atoms with van der Waals surface area (Å²) in [6.07, 6.45) is 0. The molecule has 1 saturated heterocycles. The van der Waals surface area contributed by atoms with Gasteiger partial charge in [0.25, 0.3) is 0 Å². The van der Waals surface area contributed by atoms with E-state index in [0.717, 1.165) is 6.54 Å². The third-order valence-corrected chi connectivity index (χ3v) is 4.46. The van der Waals surface area contributed by atoms with E-state index in [2.05, 4.69) is 67.2 Å². The Morgan fingerprint density at radius 1 is 1.10 bits per heavy atom. The van der Waals surface area contributed by atoms with Crippen molar-refractivity contribution >= 4 is 0 Å². The highest BCUT2D eigenvalue weighted by atomic mass is 15.3. The van der Waals surface area contributed by atoms with Crippen molar-refractivity contribution in [2.45, 2.75) is 32.9 Å². The topological polar surface area (TPSA) is 18.5 Å². The van der Waals surface area contributed by atoms with Crippen LogP contribution in [0.5, 0.6) is 0 Å². The van der Waals surface area contributed by atoms with Gasteiger partial charge in [0.15, 0.2) is 0 Å². The van der Waals surface area contributed by atoms with Gasteiger partial charge in [-0.05, 0) is 33.0 Å². The first kappa shape index (κ1) is 15.5. The van der Waals surface area contributed by atoms with Crippen LogP contribution in [0.1, 0.15) is 31.0 Å². The van der Waals surface area contributed by atoms with Crippen LogP contribution >= 0.6 is 0 Å². The Kier molecular flexibility index (Phi) is 5.58. The SMILES string of the molecule is CCNC(c1ccc(C)cc1)C(C)N1CCN(C)CC1. The van der Waals surface area contributed by atoms with Gasteiger partial charge < -0.3 is 10.2 Å². The molecule has 1 aromatic rings. The van der Waals surface area contributed by atoms with Gasteiger partial charge in [-0.1, -0.05) is 36.8 Å². The van der Waals surface area contributed by atoms with Crippen molar-refractivity contribution in [2.75, 3.05) is 39.8 Å². The van der Waals surface area contributed by atoms with Crippen molar-refractivity contribution in [2.24, 2.45) is 0 Å². The number of hydrogen-bond donors (Lipinski definition) is 1. The van der Waals surface area contributed by atoms with Gasteiger partial charge >= 0.3 is 0 Å². The Morgan fingerprint density at radius 3 is 2.25 bits per heavy atom. The summed E-state index contributed by atoms with van der Waals surface area (Å²) in [6.45, 7) is 12.4. The van der Waals surface area contributed by atoms with Crippen LogP contribution < -0.4 is 5.32 Å². The summed E-state index contributed by atoms with van der Waals surface area (Å²) in [5, 5.41) is 3.67. The molecule has 3 heteroatoms. The van der Waals surface area contributed by atoms with Crippen LogP contribution in [-0.2, 0) is 0 Å². The van der Waals surface area contributed by atoms with Crippen LogP contribution in [0.25, 0.3) is 0 Å². The van der Waals surface area contributed by atoms with Gasteiger partial charge in [-0.15, -0.1) is 0 Å². The molecule has 20 heavy (non-hydrogen) atoms. The zero-order valence-electron chi connectivity index (χ0n) is 13.4. The molecule has 2 rings (SSSR count). The van der Waals surface area contributed by atoms with Crippen LogP contribution in [-0.4, -0.2) is 55.6 Å². The normalized spacial score (nSPS) is 20.8. The Labute approximate surface area is 124 Å². The summed E-state index contributed by atoms with van der Waals surface area (Å²) in [5.74, 6) is 0. The van der Waals surface area contributed by atoms with Crippen molar-refractivity contribution in [1.82, 2.24) is 15.1 Å². The molecule has 1 aliphatic heterocycles. The molecule has 1 aliphatic rings. The smallest absolute Gasteiger partial charge is 0.0475 e. The zero-order chi connectivity index (χ0) is 14.5. The molecule has 0 saturated carbocycles. The second-order valence-electron chi connectivity index (χ2n) is 6.03. The minimum atomic E-state index is 0.420. The van der Waals surface area contributed by atoms with E-state index in [1.54, 1.807) is 0 Å². The molecule has 0 bridgehead atoms. The number of aryl methyl sites for hydroxylation is 1. The molecule has 1 fully saturated rings.